The Kier molecular flexibility index (Phi) is 5.41. The van der Waals surface area contributed by atoms with E-state index >= 15 is 0 Å². The van der Waals surface area contributed by atoms with Crippen molar-refractivity contribution in [2.24, 2.45) is 5.41 Å². The number of rotatable bonds is 4. The lowest BCUT2D eigenvalue weighted by molar-refractivity contribution is 0.0244. The monoisotopic (exact) mass is 422 g/mol. The van der Waals surface area contributed by atoms with Gasteiger partial charge in [0.2, 0.25) is 0 Å². The number of aliphatic hydroxyl groups excluding tert-OH is 1. The smallest absolute Gasteiger partial charge is 0.148 e. The average Bonchev–Trinajstić information content (AvgIpc) is 3.24. The van der Waals surface area contributed by atoms with Crippen molar-refractivity contribution < 1.29 is 9.50 Å². The Morgan fingerprint density at radius 3 is 2.74 bits per heavy atom. The van der Waals surface area contributed by atoms with Crippen LogP contribution in [0.25, 0.3) is 5.69 Å². The summed E-state index contributed by atoms with van der Waals surface area (Å²) in [6.45, 7) is 4.24. The van der Waals surface area contributed by atoms with E-state index < -0.39 is 0 Å². The summed E-state index contributed by atoms with van der Waals surface area (Å²) in [5.41, 5.74) is 1.64. The molecular weight excluding hydrogens is 395 g/mol. The highest BCUT2D eigenvalue weighted by molar-refractivity contribution is 5.37. The van der Waals surface area contributed by atoms with Crippen LogP contribution in [0.15, 0.2) is 55.2 Å². The van der Waals surface area contributed by atoms with Gasteiger partial charge in [-0.25, -0.2) is 14.1 Å². The lowest BCUT2D eigenvalue weighted by Crippen LogP contribution is -2.54. The SMILES string of the molecule is OC1CN(c2cnccn2)CC2(CCN(Cc3cnn(-c4ccccc4F)c3)CC2)C1. The van der Waals surface area contributed by atoms with Gasteiger partial charge in [0.25, 0.3) is 0 Å². The minimum absolute atomic E-state index is 0.100. The third-order valence-corrected chi connectivity index (χ3v) is 6.56. The summed E-state index contributed by atoms with van der Waals surface area (Å²) in [6, 6.07) is 6.67. The molecule has 2 aliphatic rings. The molecule has 162 valence electrons. The molecule has 0 amide bonds. The van der Waals surface area contributed by atoms with Gasteiger partial charge in [-0.2, -0.15) is 5.10 Å². The molecule has 5 rings (SSSR count). The number of hydrogen-bond donors (Lipinski definition) is 1. The number of likely N-dealkylation sites (tertiary alicyclic amines) is 1. The number of para-hydroxylation sites is 1. The number of aromatic nitrogens is 4. The molecule has 3 aromatic rings. The van der Waals surface area contributed by atoms with Crippen LogP contribution in [0, 0.1) is 11.2 Å². The minimum atomic E-state index is -0.346. The van der Waals surface area contributed by atoms with Crippen molar-refractivity contribution in [1.82, 2.24) is 24.6 Å². The van der Waals surface area contributed by atoms with Crippen molar-refractivity contribution in [3.8, 4) is 5.69 Å². The number of hydrogen-bond acceptors (Lipinski definition) is 6. The highest BCUT2D eigenvalue weighted by Crippen LogP contribution is 2.41. The van der Waals surface area contributed by atoms with Gasteiger partial charge in [-0.1, -0.05) is 12.1 Å². The number of piperidine rings is 2. The molecular formula is C23H27FN6O. The molecule has 1 atom stereocenters. The summed E-state index contributed by atoms with van der Waals surface area (Å²) in [7, 11) is 0. The first-order chi connectivity index (χ1) is 15.1. The first-order valence-corrected chi connectivity index (χ1v) is 10.8. The number of nitrogens with zero attached hydrogens (tertiary/aromatic N) is 6. The van der Waals surface area contributed by atoms with Crippen LogP contribution in [0.3, 0.4) is 0 Å². The third kappa shape index (κ3) is 4.31. The van der Waals surface area contributed by atoms with Crippen LogP contribution in [0.4, 0.5) is 10.2 Å². The van der Waals surface area contributed by atoms with E-state index in [1.54, 1.807) is 35.4 Å². The van der Waals surface area contributed by atoms with Crippen molar-refractivity contribution in [1.29, 1.82) is 0 Å². The highest BCUT2D eigenvalue weighted by Gasteiger charge is 2.42. The number of anilines is 1. The van der Waals surface area contributed by atoms with Crippen molar-refractivity contribution in [2.75, 3.05) is 31.1 Å². The molecule has 31 heavy (non-hydrogen) atoms. The Hall–Kier alpha value is -2.84. The third-order valence-electron chi connectivity index (χ3n) is 6.56. The molecule has 4 heterocycles. The Labute approximate surface area is 181 Å². The van der Waals surface area contributed by atoms with Crippen molar-refractivity contribution >= 4 is 5.82 Å². The van der Waals surface area contributed by atoms with Crippen LogP contribution >= 0.6 is 0 Å². The number of benzene rings is 1. The van der Waals surface area contributed by atoms with E-state index in [0.717, 1.165) is 56.8 Å². The maximum atomic E-state index is 14.0. The van der Waals surface area contributed by atoms with Crippen LogP contribution in [-0.4, -0.2) is 62.0 Å². The molecule has 8 heteroatoms. The predicted octanol–water partition coefficient (Wildman–Crippen LogP) is 2.65. The van der Waals surface area contributed by atoms with Gasteiger partial charge in [0.15, 0.2) is 0 Å². The van der Waals surface area contributed by atoms with Crippen LogP contribution in [-0.2, 0) is 6.54 Å². The van der Waals surface area contributed by atoms with Gasteiger partial charge in [-0.3, -0.25) is 9.88 Å². The summed E-state index contributed by atoms with van der Waals surface area (Å²) < 4.78 is 15.6. The highest BCUT2D eigenvalue weighted by atomic mass is 19.1. The normalized spacial score (nSPS) is 21.5. The molecule has 1 spiro atoms. The molecule has 1 unspecified atom stereocenters. The first kappa shape index (κ1) is 20.1. The molecule has 7 nitrogen and oxygen atoms in total. The Morgan fingerprint density at radius 1 is 1.13 bits per heavy atom. The Morgan fingerprint density at radius 2 is 1.97 bits per heavy atom. The van der Waals surface area contributed by atoms with Gasteiger partial charge in [0.05, 0.1) is 18.5 Å². The molecule has 2 saturated heterocycles. The van der Waals surface area contributed by atoms with E-state index in [1.807, 2.05) is 18.5 Å². The van der Waals surface area contributed by atoms with E-state index in [1.165, 1.54) is 6.07 Å². The zero-order valence-electron chi connectivity index (χ0n) is 17.4. The standard InChI is InChI=1S/C23H27FN6O/c24-20-3-1-2-4-21(20)30-15-18(12-27-30)14-28-9-5-23(6-10-28)11-19(31)16-29(17-23)22-13-25-7-8-26-22/h1-4,7-8,12-13,15,19,31H,5-6,9-11,14,16-17H2. The van der Waals surface area contributed by atoms with Crippen LogP contribution in [0.5, 0.6) is 0 Å². The van der Waals surface area contributed by atoms with Crippen LogP contribution in [0.1, 0.15) is 24.8 Å². The molecule has 1 aromatic carbocycles. The summed E-state index contributed by atoms with van der Waals surface area (Å²) in [6.07, 6.45) is 11.4. The number of halogens is 1. The topological polar surface area (TPSA) is 70.3 Å². The molecule has 0 aliphatic carbocycles. The van der Waals surface area contributed by atoms with Gasteiger partial charge in [-0.05, 0) is 49.9 Å². The minimum Gasteiger partial charge on any atom is -0.391 e. The molecule has 2 aliphatic heterocycles. The fourth-order valence-corrected chi connectivity index (χ4v) is 5.00. The van der Waals surface area contributed by atoms with Gasteiger partial charge in [0, 0.05) is 43.8 Å². The van der Waals surface area contributed by atoms with E-state index in [0.29, 0.717) is 12.2 Å². The van der Waals surface area contributed by atoms with Crippen molar-refractivity contribution in [3.05, 3.63) is 66.6 Å². The van der Waals surface area contributed by atoms with Gasteiger partial charge >= 0.3 is 0 Å². The fraction of sp³-hybridized carbons (Fsp3) is 0.435. The Bertz CT molecular complexity index is 1020. The van der Waals surface area contributed by atoms with Gasteiger partial charge in [0.1, 0.15) is 17.3 Å². The predicted molar refractivity (Wildman–Crippen MR) is 115 cm³/mol. The van der Waals surface area contributed by atoms with Crippen LogP contribution < -0.4 is 4.90 Å². The second kappa shape index (κ2) is 8.36. The van der Waals surface area contributed by atoms with E-state index in [-0.39, 0.29) is 17.3 Å². The van der Waals surface area contributed by atoms with Gasteiger partial charge < -0.3 is 10.0 Å². The molecule has 2 aromatic heterocycles. The number of aliphatic hydroxyl groups is 1. The second-order valence-corrected chi connectivity index (χ2v) is 8.82. The van der Waals surface area contributed by atoms with E-state index in [9.17, 15) is 9.50 Å². The number of β-amino-alcohol motifs (C(OH)–C–C–N with tert-alkyl or cyclic N) is 1. The Balaban J connectivity index is 1.22. The summed E-state index contributed by atoms with van der Waals surface area (Å²) in [4.78, 5) is 13.2. The molecule has 0 bridgehead atoms. The molecule has 2 fully saturated rings. The maximum Gasteiger partial charge on any atom is 0.148 e. The molecule has 0 radical (unpaired) electrons. The van der Waals surface area contributed by atoms with Gasteiger partial charge in [-0.15, -0.1) is 0 Å². The summed E-state index contributed by atoms with van der Waals surface area (Å²) in [5, 5.41) is 14.9. The zero-order valence-corrected chi connectivity index (χ0v) is 17.4. The van der Waals surface area contributed by atoms with Crippen molar-refractivity contribution in [2.45, 2.75) is 31.9 Å². The van der Waals surface area contributed by atoms with Crippen LogP contribution in [0.2, 0.25) is 0 Å². The summed E-state index contributed by atoms with van der Waals surface area (Å²) in [5.74, 6) is 0.559. The first-order valence-electron chi connectivity index (χ1n) is 10.8. The lowest BCUT2D eigenvalue weighted by atomic mass is 9.71. The van der Waals surface area contributed by atoms with E-state index in [4.69, 9.17) is 0 Å². The maximum absolute atomic E-state index is 14.0. The average molecular weight is 423 g/mol. The lowest BCUT2D eigenvalue weighted by Gasteiger charge is -2.49. The largest absolute Gasteiger partial charge is 0.391 e. The fourth-order valence-electron chi connectivity index (χ4n) is 5.00. The molecule has 1 N–H and O–H groups in total. The van der Waals surface area contributed by atoms with Crippen molar-refractivity contribution in [3.63, 3.8) is 0 Å². The quantitative estimate of drug-likeness (QED) is 0.697. The second-order valence-electron chi connectivity index (χ2n) is 8.82. The van der Waals surface area contributed by atoms with E-state index in [2.05, 4.69) is 24.9 Å². The zero-order chi connectivity index (χ0) is 21.3. The summed E-state index contributed by atoms with van der Waals surface area (Å²) >= 11 is 0. The molecule has 0 saturated carbocycles.